The fraction of sp³-hybridized carbons (Fsp3) is 0.364. The van der Waals surface area contributed by atoms with Crippen LogP contribution in [0.25, 0.3) is 0 Å². The van der Waals surface area contributed by atoms with Crippen LogP contribution >= 0.6 is 0 Å². The van der Waals surface area contributed by atoms with Crippen LogP contribution in [0.15, 0.2) is 29.2 Å². The maximum absolute atomic E-state index is 11.6. The van der Waals surface area contributed by atoms with E-state index in [1.54, 1.807) is 19.1 Å². The van der Waals surface area contributed by atoms with Crippen molar-refractivity contribution in [2.45, 2.75) is 25.3 Å². The molecular weight excluding hydrogens is 240 g/mol. The molecule has 1 rings (SSSR count). The Labute approximate surface area is 101 Å². The van der Waals surface area contributed by atoms with Gasteiger partial charge in [0.25, 0.3) is 0 Å². The molecule has 2 N–H and O–H groups in total. The maximum atomic E-state index is 11.6. The molecule has 0 saturated carbocycles. The zero-order valence-corrected chi connectivity index (χ0v) is 10.7. The smallest absolute Gasteiger partial charge is 0.240 e. The Hall–Kier alpha value is -1.40. The third-order valence-corrected chi connectivity index (χ3v) is 3.67. The number of carbonyl (C=O) groups is 1. The van der Waals surface area contributed by atoms with Gasteiger partial charge in [-0.15, -0.1) is 0 Å². The molecular formula is C11H16N2O3S. The Morgan fingerprint density at radius 3 is 2.29 bits per heavy atom. The molecule has 17 heavy (non-hydrogen) atoms. The second-order valence-corrected chi connectivity index (χ2v) is 5.32. The molecule has 6 heteroatoms. The minimum absolute atomic E-state index is 0.116. The first kappa shape index (κ1) is 13.7. The molecule has 0 spiro atoms. The second kappa shape index (κ2) is 5.79. The first-order chi connectivity index (χ1) is 7.95. The number of rotatable bonds is 5. The summed E-state index contributed by atoms with van der Waals surface area (Å²) < 4.78 is 25.7. The first-order valence-corrected chi connectivity index (χ1v) is 6.77. The summed E-state index contributed by atoms with van der Waals surface area (Å²) in [6.45, 7) is 3.92. The van der Waals surface area contributed by atoms with Gasteiger partial charge in [-0.3, -0.25) is 4.79 Å². The Balaban J connectivity index is 2.78. The summed E-state index contributed by atoms with van der Waals surface area (Å²) >= 11 is 0. The van der Waals surface area contributed by atoms with Gasteiger partial charge in [-0.25, -0.2) is 13.1 Å². The van der Waals surface area contributed by atoms with E-state index in [-0.39, 0.29) is 10.8 Å². The molecule has 5 nitrogen and oxygen atoms in total. The third-order valence-electron chi connectivity index (χ3n) is 2.11. The zero-order chi connectivity index (χ0) is 12.9. The Bertz CT molecular complexity index is 480. The van der Waals surface area contributed by atoms with Gasteiger partial charge >= 0.3 is 0 Å². The van der Waals surface area contributed by atoms with E-state index in [4.69, 9.17) is 0 Å². The number of hydrogen-bond acceptors (Lipinski definition) is 3. The molecule has 0 aliphatic heterocycles. The van der Waals surface area contributed by atoms with E-state index >= 15 is 0 Å². The number of nitrogens with one attached hydrogen (secondary N) is 2. The lowest BCUT2D eigenvalue weighted by Crippen LogP contribution is -2.23. The molecule has 0 fully saturated rings. The summed E-state index contributed by atoms with van der Waals surface area (Å²) in [5.74, 6) is -0.116. The maximum Gasteiger partial charge on any atom is 0.240 e. The van der Waals surface area contributed by atoms with Crippen molar-refractivity contribution in [3.8, 4) is 0 Å². The van der Waals surface area contributed by atoms with Crippen molar-refractivity contribution in [1.82, 2.24) is 10.0 Å². The lowest BCUT2D eigenvalue weighted by molar-refractivity contribution is -0.119. The van der Waals surface area contributed by atoms with Gasteiger partial charge in [-0.2, -0.15) is 0 Å². The topological polar surface area (TPSA) is 75.3 Å². The van der Waals surface area contributed by atoms with Crippen molar-refractivity contribution in [3.63, 3.8) is 0 Å². The van der Waals surface area contributed by atoms with Gasteiger partial charge in [0.15, 0.2) is 0 Å². The van der Waals surface area contributed by atoms with Gasteiger partial charge in [0.05, 0.1) is 4.90 Å². The molecule has 0 aliphatic rings. The van der Waals surface area contributed by atoms with Crippen molar-refractivity contribution < 1.29 is 13.2 Å². The largest absolute Gasteiger partial charge is 0.352 e. The molecule has 0 heterocycles. The van der Waals surface area contributed by atoms with Crippen LogP contribution < -0.4 is 10.0 Å². The number of hydrogen-bond donors (Lipinski definition) is 2. The number of carbonyl (C=O) groups excluding carboxylic acids is 1. The lowest BCUT2D eigenvalue weighted by Gasteiger charge is -2.06. The summed E-state index contributed by atoms with van der Waals surface area (Å²) in [6.07, 6.45) is 0. The van der Waals surface area contributed by atoms with Gasteiger partial charge in [0.1, 0.15) is 0 Å². The van der Waals surface area contributed by atoms with Crippen LogP contribution in [0.2, 0.25) is 0 Å². The lowest BCUT2D eigenvalue weighted by atomic mass is 10.2. The van der Waals surface area contributed by atoms with Gasteiger partial charge < -0.3 is 5.32 Å². The average Bonchev–Trinajstić information content (AvgIpc) is 2.27. The summed E-state index contributed by atoms with van der Waals surface area (Å²) in [7, 11) is -3.40. The average molecular weight is 256 g/mol. The molecule has 1 aromatic carbocycles. The summed E-state index contributed by atoms with van der Waals surface area (Å²) in [5.41, 5.74) is 0.857. The van der Waals surface area contributed by atoms with Crippen LogP contribution in [0.5, 0.6) is 0 Å². The van der Waals surface area contributed by atoms with Crippen LogP contribution in [0.1, 0.15) is 19.4 Å². The third kappa shape index (κ3) is 4.16. The fourth-order valence-corrected chi connectivity index (χ4v) is 2.33. The second-order valence-electron chi connectivity index (χ2n) is 3.56. The van der Waals surface area contributed by atoms with Crippen molar-refractivity contribution in [2.24, 2.45) is 0 Å². The van der Waals surface area contributed by atoms with Crippen LogP contribution in [0.3, 0.4) is 0 Å². The number of benzene rings is 1. The van der Waals surface area contributed by atoms with E-state index in [9.17, 15) is 13.2 Å². The van der Waals surface area contributed by atoms with E-state index in [0.717, 1.165) is 5.56 Å². The Morgan fingerprint density at radius 1 is 1.24 bits per heavy atom. The minimum atomic E-state index is -3.40. The SMILES string of the molecule is CCNS(=O)(=O)c1ccc(CNC(C)=O)cc1. The minimum Gasteiger partial charge on any atom is -0.352 e. The number of sulfonamides is 1. The van der Waals surface area contributed by atoms with E-state index in [0.29, 0.717) is 13.1 Å². The molecule has 0 aromatic heterocycles. The van der Waals surface area contributed by atoms with Crippen molar-refractivity contribution in [2.75, 3.05) is 6.54 Å². The summed E-state index contributed by atoms with van der Waals surface area (Å²) in [6, 6.07) is 6.41. The predicted octanol–water partition coefficient (Wildman–Crippen LogP) is 0.621. The highest BCUT2D eigenvalue weighted by Crippen LogP contribution is 2.10. The molecule has 0 bridgehead atoms. The molecule has 0 unspecified atom stereocenters. The molecule has 0 aliphatic carbocycles. The van der Waals surface area contributed by atoms with Crippen LogP contribution in [-0.4, -0.2) is 20.9 Å². The monoisotopic (exact) mass is 256 g/mol. The highest BCUT2D eigenvalue weighted by molar-refractivity contribution is 7.89. The van der Waals surface area contributed by atoms with Crippen LogP contribution in [0, 0.1) is 0 Å². The van der Waals surface area contributed by atoms with Gasteiger partial charge in [-0.1, -0.05) is 19.1 Å². The van der Waals surface area contributed by atoms with E-state index in [2.05, 4.69) is 10.0 Å². The molecule has 0 radical (unpaired) electrons. The highest BCUT2D eigenvalue weighted by atomic mass is 32.2. The van der Waals surface area contributed by atoms with Crippen molar-refractivity contribution >= 4 is 15.9 Å². The first-order valence-electron chi connectivity index (χ1n) is 5.28. The Morgan fingerprint density at radius 2 is 1.82 bits per heavy atom. The van der Waals surface area contributed by atoms with Crippen LogP contribution in [0.4, 0.5) is 0 Å². The number of amides is 1. The standard InChI is InChI=1S/C11H16N2O3S/c1-3-13-17(15,16)11-6-4-10(5-7-11)8-12-9(2)14/h4-7,13H,3,8H2,1-2H3,(H,12,14). The van der Waals surface area contributed by atoms with Crippen molar-refractivity contribution in [1.29, 1.82) is 0 Å². The van der Waals surface area contributed by atoms with E-state index < -0.39 is 10.0 Å². The van der Waals surface area contributed by atoms with Crippen LogP contribution in [-0.2, 0) is 21.4 Å². The van der Waals surface area contributed by atoms with E-state index in [1.807, 2.05) is 0 Å². The Kier molecular flexibility index (Phi) is 4.65. The molecule has 1 amide bonds. The van der Waals surface area contributed by atoms with E-state index in [1.165, 1.54) is 19.1 Å². The fourth-order valence-electron chi connectivity index (χ4n) is 1.29. The molecule has 1 aromatic rings. The normalized spacial score (nSPS) is 11.2. The summed E-state index contributed by atoms with van der Waals surface area (Å²) in [4.78, 5) is 10.9. The molecule has 0 saturated heterocycles. The quantitative estimate of drug-likeness (QED) is 0.811. The van der Waals surface area contributed by atoms with Gasteiger partial charge in [0, 0.05) is 20.0 Å². The zero-order valence-electron chi connectivity index (χ0n) is 9.86. The van der Waals surface area contributed by atoms with Gasteiger partial charge in [0.2, 0.25) is 15.9 Å². The predicted molar refractivity (Wildman–Crippen MR) is 64.8 cm³/mol. The van der Waals surface area contributed by atoms with Gasteiger partial charge in [-0.05, 0) is 17.7 Å². The molecule has 0 atom stereocenters. The highest BCUT2D eigenvalue weighted by Gasteiger charge is 2.11. The van der Waals surface area contributed by atoms with Crippen molar-refractivity contribution in [3.05, 3.63) is 29.8 Å². The molecule has 94 valence electrons. The summed E-state index contributed by atoms with van der Waals surface area (Å²) in [5, 5.41) is 2.64.